The Hall–Kier alpha value is -1.70. The summed E-state index contributed by atoms with van der Waals surface area (Å²) in [5.74, 6) is 3.62. The zero-order chi connectivity index (χ0) is 15.0. The number of furan rings is 1. The molecule has 0 bridgehead atoms. The maximum Gasteiger partial charge on any atom is 0.123 e. The maximum atomic E-state index is 5.96. The van der Waals surface area contributed by atoms with Crippen molar-refractivity contribution in [3.63, 3.8) is 0 Å². The standard InChI is InChI=1S/C19H25NO/c1-13-11-15(13)18-10-9-14(21-18)12-20-17-8-6-5-7-16(17)19(2,3)4/h5-10,13,15,20H,11-12H2,1-4H3. The van der Waals surface area contributed by atoms with Crippen LogP contribution < -0.4 is 5.32 Å². The zero-order valence-electron chi connectivity index (χ0n) is 13.4. The Labute approximate surface area is 127 Å². The lowest BCUT2D eigenvalue weighted by Gasteiger charge is -2.23. The molecule has 2 nitrogen and oxygen atoms in total. The molecule has 1 saturated carbocycles. The number of nitrogens with one attached hydrogen (secondary N) is 1. The van der Waals surface area contributed by atoms with Crippen LogP contribution in [0.5, 0.6) is 0 Å². The van der Waals surface area contributed by atoms with Crippen LogP contribution in [0.15, 0.2) is 40.8 Å². The lowest BCUT2D eigenvalue weighted by atomic mass is 9.86. The monoisotopic (exact) mass is 283 g/mol. The highest BCUT2D eigenvalue weighted by molar-refractivity contribution is 5.54. The lowest BCUT2D eigenvalue weighted by molar-refractivity contribution is 0.467. The number of para-hydroxylation sites is 1. The van der Waals surface area contributed by atoms with Gasteiger partial charge < -0.3 is 9.73 Å². The van der Waals surface area contributed by atoms with Gasteiger partial charge in [-0.2, -0.15) is 0 Å². The Bertz CT molecular complexity index is 620. The highest BCUT2D eigenvalue weighted by Crippen LogP contribution is 2.47. The molecule has 1 heterocycles. The van der Waals surface area contributed by atoms with Gasteiger partial charge in [-0.15, -0.1) is 0 Å². The summed E-state index contributed by atoms with van der Waals surface area (Å²) >= 11 is 0. The average Bonchev–Trinajstić information content (AvgIpc) is 2.99. The van der Waals surface area contributed by atoms with Crippen molar-refractivity contribution in [2.45, 2.75) is 52.0 Å². The van der Waals surface area contributed by atoms with Gasteiger partial charge in [0.15, 0.2) is 0 Å². The van der Waals surface area contributed by atoms with Gasteiger partial charge in [0.2, 0.25) is 0 Å². The van der Waals surface area contributed by atoms with Crippen molar-refractivity contribution in [1.29, 1.82) is 0 Å². The van der Waals surface area contributed by atoms with Gasteiger partial charge in [0, 0.05) is 11.6 Å². The van der Waals surface area contributed by atoms with Crippen LogP contribution in [0.25, 0.3) is 0 Å². The first-order valence-corrected chi connectivity index (χ1v) is 7.87. The van der Waals surface area contributed by atoms with Crippen molar-refractivity contribution < 1.29 is 4.42 Å². The van der Waals surface area contributed by atoms with E-state index in [0.29, 0.717) is 5.92 Å². The van der Waals surface area contributed by atoms with Crippen LogP contribution in [-0.4, -0.2) is 0 Å². The number of rotatable bonds is 4. The number of hydrogen-bond donors (Lipinski definition) is 1. The fourth-order valence-electron chi connectivity index (χ4n) is 2.88. The van der Waals surface area contributed by atoms with Gasteiger partial charge in [-0.1, -0.05) is 45.9 Å². The predicted octanol–water partition coefficient (Wildman–Crippen LogP) is 5.31. The molecule has 0 amide bonds. The largest absolute Gasteiger partial charge is 0.464 e. The molecule has 1 aromatic carbocycles. The molecule has 1 fully saturated rings. The van der Waals surface area contributed by atoms with Gasteiger partial charge >= 0.3 is 0 Å². The highest BCUT2D eigenvalue weighted by atomic mass is 16.3. The minimum Gasteiger partial charge on any atom is -0.464 e. The SMILES string of the molecule is CC1CC1c1ccc(CNc2ccccc2C(C)(C)C)o1. The van der Waals surface area contributed by atoms with E-state index in [1.54, 1.807) is 0 Å². The van der Waals surface area contributed by atoms with Crippen molar-refractivity contribution in [2.24, 2.45) is 5.92 Å². The van der Waals surface area contributed by atoms with Crippen molar-refractivity contribution in [3.8, 4) is 0 Å². The van der Waals surface area contributed by atoms with Crippen molar-refractivity contribution in [1.82, 2.24) is 0 Å². The Morgan fingerprint density at radius 3 is 2.52 bits per heavy atom. The van der Waals surface area contributed by atoms with Crippen molar-refractivity contribution in [3.05, 3.63) is 53.5 Å². The molecule has 1 aliphatic carbocycles. The third-order valence-corrected chi connectivity index (χ3v) is 4.35. The van der Waals surface area contributed by atoms with Crippen LogP contribution in [0.2, 0.25) is 0 Å². The van der Waals surface area contributed by atoms with Gasteiger partial charge in [-0.3, -0.25) is 0 Å². The number of benzene rings is 1. The van der Waals surface area contributed by atoms with Crippen LogP contribution in [0, 0.1) is 5.92 Å². The fraction of sp³-hybridized carbons (Fsp3) is 0.474. The first-order chi connectivity index (χ1) is 9.95. The second-order valence-corrected chi connectivity index (χ2v) is 7.27. The van der Waals surface area contributed by atoms with Crippen LogP contribution in [0.1, 0.15) is 57.1 Å². The van der Waals surface area contributed by atoms with Crippen LogP contribution in [0.4, 0.5) is 5.69 Å². The van der Waals surface area contributed by atoms with Crippen LogP contribution >= 0.6 is 0 Å². The molecule has 112 valence electrons. The molecule has 2 heteroatoms. The summed E-state index contributed by atoms with van der Waals surface area (Å²) < 4.78 is 5.96. The predicted molar refractivity (Wildman–Crippen MR) is 87.7 cm³/mol. The van der Waals surface area contributed by atoms with Crippen molar-refractivity contribution >= 4 is 5.69 Å². The van der Waals surface area contributed by atoms with E-state index in [1.165, 1.54) is 17.7 Å². The lowest BCUT2D eigenvalue weighted by Crippen LogP contribution is -2.14. The Kier molecular flexibility index (Phi) is 3.56. The quantitative estimate of drug-likeness (QED) is 0.822. The highest BCUT2D eigenvalue weighted by Gasteiger charge is 2.36. The Balaban J connectivity index is 1.69. The van der Waals surface area contributed by atoms with Crippen LogP contribution in [-0.2, 0) is 12.0 Å². The molecule has 3 rings (SSSR count). The Morgan fingerprint density at radius 2 is 1.86 bits per heavy atom. The van der Waals surface area contributed by atoms with E-state index >= 15 is 0 Å². The molecule has 2 aromatic rings. The first kappa shape index (κ1) is 14.2. The number of hydrogen-bond acceptors (Lipinski definition) is 2. The Morgan fingerprint density at radius 1 is 1.14 bits per heavy atom. The van der Waals surface area contributed by atoms with Gasteiger partial charge in [-0.25, -0.2) is 0 Å². The molecule has 0 spiro atoms. The second kappa shape index (κ2) is 5.25. The minimum atomic E-state index is 0.140. The molecule has 2 atom stereocenters. The van der Waals surface area contributed by atoms with Crippen LogP contribution in [0.3, 0.4) is 0 Å². The summed E-state index contributed by atoms with van der Waals surface area (Å²) in [7, 11) is 0. The topological polar surface area (TPSA) is 25.2 Å². The molecule has 0 saturated heterocycles. The molecule has 2 unspecified atom stereocenters. The smallest absolute Gasteiger partial charge is 0.123 e. The van der Waals surface area contributed by atoms with Gasteiger partial charge in [0.25, 0.3) is 0 Å². The van der Waals surface area contributed by atoms with E-state index in [0.717, 1.165) is 24.0 Å². The number of anilines is 1. The summed E-state index contributed by atoms with van der Waals surface area (Å²) in [4.78, 5) is 0. The second-order valence-electron chi connectivity index (χ2n) is 7.27. The molecular weight excluding hydrogens is 258 g/mol. The summed E-state index contributed by atoms with van der Waals surface area (Å²) in [5.41, 5.74) is 2.68. The summed E-state index contributed by atoms with van der Waals surface area (Å²) in [5, 5.41) is 3.53. The van der Waals surface area contributed by atoms with Crippen molar-refractivity contribution in [2.75, 3.05) is 5.32 Å². The summed E-state index contributed by atoms with van der Waals surface area (Å²) in [6.45, 7) is 9.76. The molecule has 0 radical (unpaired) electrons. The van der Waals surface area contributed by atoms with E-state index in [2.05, 4.69) is 69.4 Å². The summed E-state index contributed by atoms with van der Waals surface area (Å²) in [6, 6.07) is 12.8. The molecule has 1 aliphatic rings. The van der Waals surface area contributed by atoms with Gasteiger partial charge in [0.1, 0.15) is 11.5 Å². The molecule has 1 aromatic heterocycles. The van der Waals surface area contributed by atoms with E-state index in [1.807, 2.05) is 0 Å². The average molecular weight is 283 g/mol. The third-order valence-electron chi connectivity index (χ3n) is 4.35. The van der Waals surface area contributed by atoms with Gasteiger partial charge in [-0.05, 0) is 41.5 Å². The molecule has 1 N–H and O–H groups in total. The molecular formula is C19H25NO. The van der Waals surface area contributed by atoms with E-state index in [4.69, 9.17) is 4.42 Å². The summed E-state index contributed by atoms with van der Waals surface area (Å²) in [6.07, 6.45) is 1.27. The zero-order valence-corrected chi connectivity index (χ0v) is 13.4. The maximum absolute atomic E-state index is 5.96. The van der Waals surface area contributed by atoms with E-state index in [9.17, 15) is 0 Å². The first-order valence-electron chi connectivity index (χ1n) is 7.87. The van der Waals surface area contributed by atoms with E-state index in [-0.39, 0.29) is 5.41 Å². The third kappa shape index (κ3) is 3.15. The minimum absolute atomic E-state index is 0.140. The fourth-order valence-corrected chi connectivity index (χ4v) is 2.88. The molecule has 0 aliphatic heterocycles. The van der Waals surface area contributed by atoms with E-state index < -0.39 is 0 Å². The van der Waals surface area contributed by atoms with Gasteiger partial charge in [0.05, 0.1) is 6.54 Å². The molecule has 21 heavy (non-hydrogen) atoms. The normalized spacial score (nSPS) is 21.3.